The quantitative estimate of drug-likeness (QED) is 0.316. The summed E-state index contributed by atoms with van der Waals surface area (Å²) in [5, 5.41) is 9.40. The van der Waals surface area contributed by atoms with E-state index in [1.54, 1.807) is 43.5 Å². The Morgan fingerprint density at radius 3 is 2.37 bits per heavy atom. The molecule has 2 aromatic rings. The summed E-state index contributed by atoms with van der Waals surface area (Å²) in [4.78, 5) is 29.4. The summed E-state index contributed by atoms with van der Waals surface area (Å²) in [6, 6.07) is 12.5. The van der Waals surface area contributed by atoms with E-state index in [2.05, 4.69) is 22.9 Å². The number of rotatable bonds is 1. The van der Waals surface area contributed by atoms with Crippen LogP contribution in [0.5, 0.6) is 0 Å². The van der Waals surface area contributed by atoms with Gasteiger partial charge < -0.3 is 9.47 Å². The van der Waals surface area contributed by atoms with Crippen molar-refractivity contribution in [2.45, 2.75) is 38.4 Å². The van der Waals surface area contributed by atoms with E-state index in [9.17, 15) is 14.9 Å². The molecule has 2 fully saturated rings. The van der Waals surface area contributed by atoms with Gasteiger partial charge in [-0.1, -0.05) is 12.0 Å². The number of benzene rings is 1. The molecule has 2 aliphatic rings. The van der Waals surface area contributed by atoms with Crippen LogP contribution < -0.4 is 0 Å². The zero-order chi connectivity index (χ0) is 21.1. The molecular formula is C24H18N2O4. The van der Waals surface area contributed by atoms with Gasteiger partial charge in [0.1, 0.15) is 11.3 Å². The Kier molecular flexibility index (Phi) is 5.08. The first kappa shape index (κ1) is 19.4. The molecule has 0 N–H and O–H groups in total. The van der Waals surface area contributed by atoms with E-state index in [0.29, 0.717) is 40.8 Å². The zero-order valence-electron chi connectivity index (χ0n) is 16.4. The van der Waals surface area contributed by atoms with E-state index in [-0.39, 0.29) is 5.57 Å². The summed E-state index contributed by atoms with van der Waals surface area (Å²) < 4.78 is 11.0. The highest BCUT2D eigenvalue weighted by Gasteiger charge is 2.48. The number of hydrogen-bond acceptors (Lipinski definition) is 6. The van der Waals surface area contributed by atoms with Crippen molar-refractivity contribution in [3.05, 3.63) is 70.6 Å². The van der Waals surface area contributed by atoms with Crippen LogP contribution in [0.15, 0.2) is 48.2 Å². The van der Waals surface area contributed by atoms with Crippen LogP contribution in [0.1, 0.15) is 55.0 Å². The minimum Gasteiger partial charge on any atom is -0.419 e. The van der Waals surface area contributed by atoms with Gasteiger partial charge in [0.25, 0.3) is 5.79 Å². The molecule has 6 nitrogen and oxygen atoms in total. The van der Waals surface area contributed by atoms with Crippen LogP contribution >= 0.6 is 0 Å². The monoisotopic (exact) mass is 398 g/mol. The molecule has 1 saturated heterocycles. The summed E-state index contributed by atoms with van der Waals surface area (Å²) in [6.07, 6.45) is 4.39. The second-order valence-electron chi connectivity index (χ2n) is 7.27. The van der Waals surface area contributed by atoms with Crippen molar-refractivity contribution >= 4 is 17.5 Å². The molecule has 1 aromatic heterocycles. The van der Waals surface area contributed by atoms with Crippen LogP contribution in [-0.2, 0) is 19.1 Å². The van der Waals surface area contributed by atoms with Crippen molar-refractivity contribution < 1.29 is 19.1 Å². The molecule has 0 atom stereocenters. The van der Waals surface area contributed by atoms with Crippen molar-refractivity contribution in [2.75, 3.05) is 0 Å². The topological polar surface area (TPSA) is 89.3 Å². The van der Waals surface area contributed by atoms with Crippen LogP contribution in [0.25, 0.3) is 5.57 Å². The Hall–Kier alpha value is -3.90. The minimum absolute atomic E-state index is 0.147. The number of carbonyl (C=O) groups is 2. The van der Waals surface area contributed by atoms with Crippen LogP contribution in [0, 0.1) is 23.2 Å². The van der Waals surface area contributed by atoms with Crippen molar-refractivity contribution in [3.8, 4) is 17.9 Å². The molecule has 1 aliphatic carbocycles. The van der Waals surface area contributed by atoms with Gasteiger partial charge in [0, 0.05) is 24.6 Å². The first-order valence-corrected chi connectivity index (χ1v) is 9.66. The fourth-order valence-corrected chi connectivity index (χ4v) is 3.67. The van der Waals surface area contributed by atoms with Gasteiger partial charge in [-0.15, -0.1) is 0 Å². The van der Waals surface area contributed by atoms with Crippen molar-refractivity contribution in [1.82, 2.24) is 4.98 Å². The zero-order valence-corrected chi connectivity index (χ0v) is 16.4. The normalized spacial score (nSPS) is 16.9. The van der Waals surface area contributed by atoms with E-state index in [0.717, 1.165) is 12.8 Å². The van der Waals surface area contributed by atoms with Crippen LogP contribution in [-0.4, -0.2) is 22.7 Å². The number of aromatic nitrogens is 1. The highest BCUT2D eigenvalue weighted by atomic mass is 16.7. The number of nitriles is 1. The third-order valence-corrected chi connectivity index (χ3v) is 5.20. The maximum Gasteiger partial charge on any atom is 0.349 e. The molecule has 148 valence electrons. The lowest BCUT2D eigenvalue weighted by molar-refractivity contribution is -0.232. The summed E-state index contributed by atoms with van der Waals surface area (Å²) in [6.45, 7) is 1.64. The smallest absolute Gasteiger partial charge is 0.349 e. The van der Waals surface area contributed by atoms with Gasteiger partial charge in [0.15, 0.2) is 0 Å². The molecule has 0 amide bonds. The number of hydrogen-bond donors (Lipinski definition) is 0. The molecule has 0 bridgehead atoms. The molecule has 1 spiro atoms. The maximum atomic E-state index is 12.6. The van der Waals surface area contributed by atoms with Gasteiger partial charge in [-0.05, 0) is 67.2 Å². The molecule has 0 unspecified atom stereocenters. The second kappa shape index (κ2) is 7.85. The summed E-state index contributed by atoms with van der Waals surface area (Å²) >= 11 is 0. The molecule has 1 saturated carbocycles. The van der Waals surface area contributed by atoms with E-state index >= 15 is 0 Å². The number of pyridine rings is 1. The number of nitrogens with zero attached hydrogens (tertiary/aromatic N) is 2. The fraction of sp³-hybridized carbons (Fsp3) is 0.250. The Balaban J connectivity index is 1.71. The Morgan fingerprint density at radius 1 is 1.03 bits per heavy atom. The minimum atomic E-state index is -1.12. The maximum absolute atomic E-state index is 12.6. The van der Waals surface area contributed by atoms with Gasteiger partial charge in [0.2, 0.25) is 0 Å². The first-order valence-electron chi connectivity index (χ1n) is 9.66. The van der Waals surface area contributed by atoms with Crippen molar-refractivity contribution in [2.24, 2.45) is 0 Å². The molecule has 1 aliphatic heterocycles. The predicted molar refractivity (Wildman–Crippen MR) is 107 cm³/mol. The summed E-state index contributed by atoms with van der Waals surface area (Å²) in [5.74, 6) is 3.42. The molecule has 1 aromatic carbocycles. The average molecular weight is 398 g/mol. The van der Waals surface area contributed by atoms with E-state index in [4.69, 9.17) is 9.47 Å². The van der Waals surface area contributed by atoms with E-state index in [1.165, 1.54) is 0 Å². The lowest BCUT2D eigenvalue weighted by atomic mass is 9.96. The van der Waals surface area contributed by atoms with Gasteiger partial charge >= 0.3 is 11.9 Å². The highest BCUT2D eigenvalue weighted by molar-refractivity contribution is 6.21. The summed E-state index contributed by atoms with van der Waals surface area (Å²) in [7, 11) is 0. The molecule has 0 radical (unpaired) electrons. The molecular weight excluding hydrogens is 380 g/mol. The van der Waals surface area contributed by atoms with E-state index < -0.39 is 17.7 Å². The number of allylic oxidation sites excluding steroid dienone is 1. The molecule has 2 heterocycles. The van der Waals surface area contributed by atoms with Crippen LogP contribution in [0.4, 0.5) is 0 Å². The third-order valence-electron chi connectivity index (χ3n) is 5.20. The summed E-state index contributed by atoms with van der Waals surface area (Å²) in [5.41, 5.74) is 2.30. The number of carbonyl (C=O) groups excluding carboxylic acids is 2. The average Bonchev–Trinajstić information content (AvgIpc) is 3.19. The number of ether oxygens (including phenoxy) is 2. The third kappa shape index (κ3) is 3.81. The SMILES string of the molecule is CC(=C1C(=O)OC2(CCCC2)OC1=O)c1cc(C#N)cc(C#Cc2ccccn2)c1. The second-order valence-corrected chi connectivity index (χ2v) is 7.27. The lowest BCUT2D eigenvalue weighted by Crippen LogP contribution is -2.44. The van der Waals surface area contributed by atoms with Gasteiger partial charge in [0.05, 0.1) is 11.6 Å². The molecule has 4 rings (SSSR count). The fourth-order valence-electron chi connectivity index (χ4n) is 3.67. The first-order chi connectivity index (χ1) is 14.5. The van der Waals surface area contributed by atoms with Gasteiger partial charge in [-0.2, -0.15) is 5.26 Å². The lowest BCUT2D eigenvalue weighted by Gasteiger charge is -2.33. The van der Waals surface area contributed by atoms with Crippen molar-refractivity contribution in [3.63, 3.8) is 0 Å². The molecule has 30 heavy (non-hydrogen) atoms. The van der Waals surface area contributed by atoms with Crippen LogP contribution in [0.2, 0.25) is 0 Å². The van der Waals surface area contributed by atoms with Gasteiger partial charge in [-0.3, -0.25) is 0 Å². The van der Waals surface area contributed by atoms with Crippen LogP contribution in [0.3, 0.4) is 0 Å². The molecule has 6 heteroatoms. The van der Waals surface area contributed by atoms with E-state index in [1.807, 2.05) is 6.07 Å². The Labute approximate surface area is 174 Å². The predicted octanol–water partition coefficient (Wildman–Crippen LogP) is 3.50. The van der Waals surface area contributed by atoms with Crippen molar-refractivity contribution in [1.29, 1.82) is 5.26 Å². The van der Waals surface area contributed by atoms with Gasteiger partial charge in [-0.25, -0.2) is 14.6 Å². The Bertz CT molecular complexity index is 1140. The Morgan fingerprint density at radius 2 is 1.73 bits per heavy atom. The highest BCUT2D eigenvalue weighted by Crippen LogP contribution is 2.39. The standard InChI is InChI=1S/C24H18N2O4/c1-16(21-22(27)29-24(30-23(21)28)9-3-4-10-24)19-13-17(12-18(14-19)15-25)7-8-20-6-2-5-11-26-20/h2,5-6,11-14H,3-4,9-10H2,1H3. The number of esters is 2. The largest absolute Gasteiger partial charge is 0.419 e.